The van der Waals surface area contributed by atoms with E-state index in [9.17, 15) is 4.79 Å². The lowest BCUT2D eigenvalue weighted by Gasteiger charge is -2.37. The molecule has 29 heavy (non-hydrogen) atoms. The fourth-order valence-electron chi connectivity index (χ4n) is 4.23. The zero-order valence-corrected chi connectivity index (χ0v) is 17.6. The zero-order chi connectivity index (χ0) is 20.4. The lowest BCUT2D eigenvalue weighted by molar-refractivity contribution is 0.309. The van der Waals surface area contributed by atoms with Crippen LogP contribution in [0.1, 0.15) is 50.4 Å². The summed E-state index contributed by atoms with van der Waals surface area (Å²) >= 11 is 0. The summed E-state index contributed by atoms with van der Waals surface area (Å²) in [5.74, 6) is 1.72. The van der Waals surface area contributed by atoms with Gasteiger partial charge in [-0.1, -0.05) is 0 Å². The van der Waals surface area contributed by atoms with E-state index in [-0.39, 0.29) is 11.6 Å². The number of hydrogen-bond donors (Lipinski definition) is 1. The van der Waals surface area contributed by atoms with Gasteiger partial charge in [0.05, 0.1) is 11.7 Å². The van der Waals surface area contributed by atoms with Crippen molar-refractivity contribution in [3.63, 3.8) is 0 Å². The van der Waals surface area contributed by atoms with Gasteiger partial charge in [-0.2, -0.15) is 10.2 Å². The molecule has 2 aromatic rings. The van der Waals surface area contributed by atoms with E-state index in [4.69, 9.17) is 0 Å². The number of fused-ring (bicyclic) bond motifs is 1. The number of nitrogens with one attached hydrogen (secondary N) is 1. The highest BCUT2D eigenvalue weighted by Gasteiger charge is 2.25. The molecule has 8 heteroatoms. The van der Waals surface area contributed by atoms with Crippen LogP contribution in [0.25, 0.3) is 0 Å². The van der Waals surface area contributed by atoms with Crippen molar-refractivity contribution < 1.29 is 0 Å². The summed E-state index contributed by atoms with van der Waals surface area (Å²) in [5.41, 5.74) is 2.33. The number of nitrogens with zero attached hydrogens (tertiary/aromatic N) is 6. The van der Waals surface area contributed by atoms with E-state index >= 15 is 0 Å². The molecule has 0 saturated carbocycles. The van der Waals surface area contributed by atoms with Crippen LogP contribution in [0.2, 0.25) is 0 Å². The van der Waals surface area contributed by atoms with Crippen molar-refractivity contribution in [1.29, 1.82) is 0 Å². The SMILES string of the molecule is CC(C)n1nc(N2CCCCC2CNc2cc3c(nn2)CCN(C)C3)ccc1=O. The molecule has 0 spiro atoms. The Morgan fingerprint density at radius 2 is 2.07 bits per heavy atom. The van der Waals surface area contributed by atoms with Gasteiger partial charge in [-0.05, 0) is 57.9 Å². The monoisotopic (exact) mass is 397 g/mol. The third-order valence-corrected chi connectivity index (χ3v) is 5.87. The van der Waals surface area contributed by atoms with Gasteiger partial charge in [-0.3, -0.25) is 4.79 Å². The zero-order valence-electron chi connectivity index (χ0n) is 17.6. The maximum absolute atomic E-state index is 12.1. The molecule has 0 aliphatic carbocycles. The maximum Gasteiger partial charge on any atom is 0.267 e. The van der Waals surface area contributed by atoms with Crippen LogP contribution in [-0.2, 0) is 13.0 Å². The van der Waals surface area contributed by atoms with E-state index in [1.54, 1.807) is 10.7 Å². The highest BCUT2D eigenvalue weighted by atomic mass is 16.1. The lowest BCUT2D eigenvalue weighted by Crippen LogP contribution is -2.45. The Morgan fingerprint density at radius 1 is 1.21 bits per heavy atom. The van der Waals surface area contributed by atoms with Crippen LogP contribution < -0.4 is 15.8 Å². The highest BCUT2D eigenvalue weighted by Crippen LogP contribution is 2.24. The second-order valence-electron chi connectivity index (χ2n) is 8.48. The Hall–Kier alpha value is -2.48. The largest absolute Gasteiger partial charge is 0.367 e. The molecule has 2 aliphatic rings. The molecule has 1 unspecified atom stereocenters. The number of likely N-dealkylation sites (N-methyl/N-ethyl adjacent to an activating group) is 1. The molecular weight excluding hydrogens is 366 g/mol. The fraction of sp³-hybridized carbons (Fsp3) is 0.619. The summed E-state index contributed by atoms with van der Waals surface area (Å²) in [7, 11) is 2.14. The standard InChI is InChI=1S/C21H31N7O/c1-15(2)28-21(29)8-7-20(25-28)27-10-5-4-6-17(27)13-22-19-12-16-14-26(3)11-9-18(16)23-24-19/h7-8,12,15,17H,4-6,9-11,13-14H2,1-3H3,(H,22,24). The molecule has 2 aromatic heterocycles. The van der Waals surface area contributed by atoms with Crippen molar-refractivity contribution in [3.05, 3.63) is 39.8 Å². The molecule has 8 nitrogen and oxygen atoms in total. The third-order valence-electron chi connectivity index (χ3n) is 5.87. The maximum atomic E-state index is 12.1. The summed E-state index contributed by atoms with van der Waals surface area (Å²) in [6, 6.07) is 5.99. The summed E-state index contributed by atoms with van der Waals surface area (Å²) in [5, 5.41) is 17.0. The first-order valence-electron chi connectivity index (χ1n) is 10.7. The van der Waals surface area contributed by atoms with E-state index in [0.717, 1.165) is 62.8 Å². The summed E-state index contributed by atoms with van der Waals surface area (Å²) in [4.78, 5) is 16.7. The Kier molecular flexibility index (Phi) is 5.80. The summed E-state index contributed by atoms with van der Waals surface area (Å²) in [6.07, 6.45) is 4.40. The van der Waals surface area contributed by atoms with Crippen LogP contribution in [-0.4, -0.2) is 57.6 Å². The van der Waals surface area contributed by atoms with Gasteiger partial charge in [0.15, 0.2) is 0 Å². The van der Waals surface area contributed by atoms with Crippen molar-refractivity contribution in [1.82, 2.24) is 24.9 Å². The van der Waals surface area contributed by atoms with Gasteiger partial charge >= 0.3 is 0 Å². The van der Waals surface area contributed by atoms with Gasteiger partial charge in [0.1, 0.15) is 11.6 Å². The van der Waals surface area contributed by atoms with E-state index in [1.807, 2.05) is 19.9 Å². The fourth-order valence-corrected chi connectivity index (χ4v) is 4.23. The van der Waals surface area contributed by atoms with E-state index in [2.05, 4.69) is 43.5 Å². The third kappa shape index (κ3) is 4.42. The average Bonchev–Trinajstić information content (AvgIpc) is 2.72. The molecular formula is C21H31N7O. The van der Waals surface area contributed by atoms with Crippen LogP contribution in [0.3, 0.4) is 0 Å². The number of hydrogen-bond acceptors (Lipinski definition) is 7. The number of piperidine rings is 1. The van der Waals surface area contributed by atoms with Gasteiger partial charge in [0, 0.05) is 44.7 Å². The predicted molar refractivity (Wildman–Crippen MR) is 114 cm³/mol. The molecule has 0 amide bonds. The molecule has 2 aliphatic heterocycles. The average molecular weight is 398 g/mol. The second kappa shape index (κ2) is 8.49. The molecule has 156 valence electrons. The summed E-state index contributed by atoms with van der Waals surface area (Å²) in [6.45, 7) is 7.67. The van der Waals surface area contributed by atoms with Crippen molar-refractivity contribution in [2.24, 2.45) is 0 Å². The predicted octanol–water partition coefficient (Wildman–Crippen LogP) is 2.07. The van der Waals surface area contributed by atoms with Gasteiger partial charge in [0.2, 0.25) is 0 Å². The van der Waals surface area contributed by atoms with Crippen LogP contribution >= 0.6 is 0 Å². The van der Waals surface area contributed by atoms with Crippen molar-refractivity contribution in [2.75, 3.05) is 36.9 Å². The molecule has 4 heterocycles. The lowest BCUT2D eigenvalue weighted by atomic mass is 10.0. The minimum Gasteiger partial charge on any atom is -0.367 e. The first kappa shape index (κ1) is 19.8. The second-order valence-corrected chi connectivity index (χ2v) is 8.48. The Morgan fingerprint density at radius 3 is 2.90 bits per heavy atom. The van der Waals surface area contributed by atoms with Crippen molar-refractivity contribution in [3.8, 4) is 0 Å². The van der Waals surface area contributed by atoms with Gasteiger partial charge in [-0.15, -0.1) is 5.10 Å². The molecule has 0 aromatic carbocycles. The molecule has 1 fully saturated rings. The molecule has 4 rings (SSSR count). The van der Waals surface area contributed by atoms with Crippen LogP contribution in [0, 0.1) is 0 Å². The Bertz CT molecular complexity index is 910. The van der Waals surface area contributed by atoms with Crippen LogP contribution in [0.5, 0.6) is 0 Å². The van der Waals surface area contributed by atoms with E-state index in [1.165, 1.54) is 12.0 Å². The van der Waals surface area contributed by atoms with Crippen LogP contribution in [0.15, 0.2) is 23.0 Å². The first-order valence-corrected chi connectivity index (χ1v) is 10.7. The normalized spacial score (nSPS) is 20.0. The van der Waals surface area contributed by atoms with Crippen LogP contribution in [0.4, 0.5) is 11.6 Å². The minimum absolute atomic E-state index is 0.0488. The van der Waals surface area contributed by atoms with Crippen molar-refractivity contribution >= 4 is 11.6 Å². The van der Waals surface area contributed by atoms with E-state index < -0.39 is 0 Å². The van der Waals surface area contributed by atoms with E-state index in [0.29, 0.717) is 6.04 Å². The molecule has 0 radical (unpaired) electrons. The van der Waals surface area contributed by atoms with Gasteiger partial charge in [0.25, 0.3) is 5.56 Å². The first-order chi connectivity index (χ1) is 14.0. The molecule has 0 bridgehead atoms. The quantitative estimate of drug-likeness (QED) is 0.827. The number of aromatic nitrogens is 4. The topological polar surface area (TPSA) is 79.2 Å². The smallest absolute Gasteiger partial charge is 0.267 e. The van der Waals surface area contributed by atoms with Gasteiger partial charge in [-0.25, -0.2) is 4.68 Å². The molecule has 1 atom stereocenters. The number of anilines is 2. The molecule has 1 N–H and O–H groups in total. The Labute approximate surface area is 171 Å². The molecule has 1 saturated heterocycles. The minimum atomic E-state index is -0.0512. The summed E-state index contributed by atoms with van der Waals surface area (Å²) < 4.78 is 1.57. The highest BCUT2D eigenvalue weighted by molar-refractivity contribution is 5.42. The number of rotatable bonds is 5. The Balaban J connectivity index is 1.48. The van der Waals surface area contributed by atoms with Gasteiger partial charge < -0.3 is 15.1 Å². The van der Waals surface area contributed by atoms with Crippen molar-refractivity contribution in [2.45, 2.75) is 58.2 Å².